The Labute approximate surface area is 116 Å². The zero-order valence-electron chi connectivity index (χ0n) is 11.0. The Bertz CT molecular complexity index is 657. The van der Waals surface area contributed by atoms with Crippen molar-refractivity contribution in [2.24, 2.45) is 0 Å². The van der Waals surface area contributed by atoms with E-state index in [0.29, 0.717) is 12.4 Å². The van der Waals surface area contributed by atoms with Crippen molar-refractivity contribution in [3.05, 3.63) is 30.2 Å². The smallest absolute Gasteiger partial charge is 0.241 e. The van der Waals surface area contributed by atoms with Crippen LogP contribution in [0, 0.1) is 0 Å². The van der Waals surface area contributed by atoms with E-state index in [9.17, 15) is 8.42 Å². The third-order valence-electron chi connectivity index (χ3n) is 3.51. The van der Waals surface area contributed by atoms with Gasteiger partial charge >= 0.3 is 0 Å². The molecule has 0 saturated heterocycles. The number of hydrogen-bond acceptors (Lipinski definition) is 6. The zero-order chi connectivity index (χ0) is 14.0. The van der Waals surface area contributed by atoms with Crippen LogP contribution in [0.5, 0.6) is 0 Å². The predicted octanol–water partition coefficient (Wildman–Crippen LogP) is 1.17. The van der Waals surface area contributed by atoms with E-state index >= 15 is 0 Å². The van der Waals surface area contributed by atoms with E-state index in [1.54, 1.807) is 23.1 Å². The molecule has 1 saturated carbocycles. The van der Waals surface area contributed by atoms with Crippen LogP contribution in [0.3, 0.4) is 0 Å². The van der Waals surface area contributed by atoms with Gasteiger partial charge in [0.25, 0.3) is 0 Å². The molecular formula is C12H16N4O3S. The zero-order valence-corrected chi connectivity index (χ0v) is 11.8. The van der Waals surface area contributed by atoms with Crippen molar-refractivity contribution in [3.8, 4) is 0 Å². The van der Waals surface area contributed by atoms with Crippen molar-refractivity contribution in [2.75, 3.05) is 0 Å². The standard InChI is InChI=1S/C12H16N4O3S/c17-20(18,10-4-1-2-5-10)9-12-14-11(15-19-12)8-16-7-3-6-13-16/h3,6-7,10H,1-2,4-5,8-9H2. The quantitative estimate of drug-likeness (QED) is 0.822. The van der Waals surface area contributed by atoms with Gasteiger partial charge in [-0.05, 0) is 18.9 Å². The molecule has 2 aromatic heterocycles. The maximum Gasteiger partial charge on any atom is 0.241 e. The summed E-state index contributed by atoms with van der Waals surface area (Å²) >= 11 is 0. The van der Waals surface area contributed by atoms with Crippen LogP contribution in [0.15, 0.2) is 23.0 Å². The number of hydrogen-bond donors (Lipinski definition) is 0. The first-order valence-electron chi connectivity index (χ1n) is 6.64. The maximum absolute atomic E-state index is 12.2. The highest BCUT2D eigenvalue weighted by Crippen LogP contribution is 2.26. The summed E-state index contributed by atoms with van der Waals surface area (Å²) < 4.78 is 31.0. The Morgan fingerprint density at radius 1 is 1.35 bits per heavy atom. The molecule has 0 amide bonds. The van der Waals surface area contributed by atoms with Gasteiger partial charge in [-0.3, -0.25) is 4.68 Å². The topological polar surface area (TPSA) is 90.9 Å². The molecule has 2 aromatic rings. The van der Waals surface area contributed by atoms with Crippen LogP contribution >= 0.6 is 0 Å². The van der Waals surface area contributed by atoms with Gasteiger partial charge in [-0.1, -0.05) is 18.0 Å². The SMILES string of the molecule is O=S(=O)(Cc1nc(Cn2cccn2)no1)C1CCCC1. The van der Waals surface area contributed by atoms with E-state index in [0.717, 1.165) is 25.7 Å². The fourth-order valence-corrected chi connectivity index (χ4v) is 4.24. The lowest BCUT2D eigenvalue weighted by molar-refractivity contribution is 0.380. The average Bonchev–Trinajstić information content (AvgIpc) is 3.10. The van der Waals surface area contributed by atoms with Gasteiger partial charge < -0.3 is 4.52 Å². The van der Waals surface area contributed by atoms with Crippen LogP contribution in [0.1, 0.15) is 37.4 Å². The van der Waals surface area contributed by atoms with Crippen LogP contribution < -0.4 is 0 Å². The first kappa shape index (κ1) is 13.3. The first-order chi connectivity index (χ1) is 9.63. The van der Waals surface area contributed by atoms with Gasteiger partial charge in [-0.2, -0.15) is 10.1 Å². The second-order valence-corrected chi connectivity index (χ2v) is 7.30. The van der Waals surface area contributed by atoms with Gasteiger partial charge in [-0.25, -0.2) is 8.42 Å². The van der Waals surface area contributed by atoms with Crippen molar-refractivity contribution in [1.29, 1.82) is 0 Å². The third-order valence-corrected chi connectivity index (χ3v) is 5.64. The van der Waals surface area contributed by atoms with Crippen LogP contribution in [0.25, 0.3) is 0 Å². The summed E-state index contributed by atoms with van der Waals surface area (Å²) in [6, 6.07) is 1.80. The Balaban J connectivity index is 1.67. The number of rotatable bonds is 5. The van der Waals surface area contributed by atoms with E-state index in [1.165, 1.54) is 0 Å². The molecule has 0 spiro atoms. The van der Waals surface area contributed by atoms with E-state index < -0.39 is 9.84 Å². The van der Waals surface area contributed by atoms with Gasteiger partial charge in [0.05, 0.1) is 5.25 Å². The predicted molar refractivity (Wildman–Crippen MR) is 70.5 cm³/mol. The molecular weight excluding hydrogens is 280 g/mol. The summed E-state index contributed by atoms with van der Waals surface area (Å²) in [6.45, 7) is 0.375. The molecule has 7 nitrogen and oxygen atoms in total. The molecule has 20 heavy (non-hydrogen) atoms. The van der Waals surface area contributed by atoms with E-state index in [4.69, 9.17) is 4.52 Å². The van der Waals surface area contributed by atoms with E-state index in [-0.39, 0.29) is 16.9 Å². The highest BCUT2D eigenvalue weighted by atomic mass is 32.2. The van der Waals surface area contributed by atoms with Crippen LogP contribution in [0.2, 0.25) is 0 Å². The molecule has 8 heteroatoms. The molecule has 0 radical (unpaired) electrons. The first-order valence-corrected chi connectivity index (χ1v) is 8.35. The van der Waals surface area contributed by atoms with Crippen LogP contribution in [0.4, 0.5) is 0 Å². The Morgan fingerprint density at radius 3 is 2.85 bits per heavy atom. The van der Waals surface area contributed by atoms with E-state index in [1.807, 2.05) is 0 Å². The lowest BCUT2D eigenvalue weighted by Gasteiger charge is -2.07. The average molecular weight is 296 g/mol. The van der Waals surface area contributed by atoms with Gasteiger partial charge in [0.1, 0.15) is 12.3 Å². The fraction of sp³-hybridized carbons (Fsp3) is 0.583. The Kier molecular flexibility index (Phi) is 3.56. The minimum Gasteiger partial charge on any atom is -0.338 e. The summed E-state index contributed by atoms with van der Waals surface area (Å²) in [7, 11) is -3.18. The molecule has 108 valence electrons. The molecule has 0 atom stereocenters. The number of nitrogens with zero attached hydrogens (tertiary/aromatic N) is 4. The Hall–Kier alpha value is -1.70. The summed E-state index contributed by atoms with van der Waals surface area (Å²) in [4.78, 5) is 4.12. The molecule has 0 aromatic carbocycles. The highest BCUT2D eigenvalue weighted by Gasteiger charge is 2.30. The Morgan fingerprint density at radius 2 is 2.15 bits per heavy atom. The van der Waals surface area contributed by atoms with Crippen molar-refractivity contribution in [1.82, 2.24) is 19.9 Å². The van der Waals surface area contributed by atoms with Crippen molar-refractivity contribution < 1.29 is 12.9 Å². The normalized spacial score (nSPS) is 16.8. The third kappa shape index (κ3) is 2.90. The summed E-state index contributed by atoms with van der Waals surface area (Å²) in [6.07, 6.45) is 6.90. The minimum atomic E-state index is -3.18. The van der Waals surface area contributed by atoms with Gasteiger partial charge in [0, 0.05) is 12.4 Å². The van der Waals surface area contributed by atoms with Crippen molar-refractivity contribution >= 4 is 9.84 Å². The second-order valence-electron chi connectivity index (χ2n) is 5.02. The van der Waals surface area contributed by atoms with Crippen molar-refractivity contribution in [2.45, 2.75) is 43.2 Å². The molecule has 1 fully saturated rings. The number of aromatic nitrogens is 4. The highest BCUT2D eigenvalue weighted by molar-refractivity contribution is 7.91. The minimum absolute atomic E-state index is 0.163. The largest absolute Gasteiger partial charge is 0.338 e. The summed E-state index contributed by atoms with van der Waals surface area (Å²) in [5.74, 6) is 0.438. The molecule has 1 aliphatic carbocycles. The van der Waals surface area contributed by atoms with Gasteiger partial charge in [-0.15, -0.1) is 0 Å². The molecule has 0 aliphatic heterocycles. The summed E-state index contributed by atoms with van der Waals surface area (Å²) in [5, 5.41) is 7.58. The molecule has 0 bridgehead atoms. The van der Waals surface area contributed by atoms with E-state index in [2.05, 4.69) is 15.2 Å². The van der Waals surface area contributed by atoms with Gasteiger partial charge in [0.15, 0.2) is 15.7 Å². The second kappa shape index (κ2) is 5.35. The lowest BCUT2D eigenvalue weighted by atomic mass is 10.4. The number of sulfone groups is 1. The summed E-state index contributed by atoms with van der Waals surface area (Å²) in [5.41, 5.74) is 0. The molecule has 1 aliphatic rings. The molecule has 3 rings (SSSR count). The lowest BCUT2D eigenvalue weighted by Crippen LogP contribution is -2.19. The van der Waals surface area contributed by atoms with Crippen molar-refractivity contribution in [3.63, 3.8) is 0 Å². The maximum atomic E-state index is 12.2. The molecule has 2 heterocycles. The molecule has 0 N–H and O–H groups in total. The fourth-order valence-electron chi connectivity index (χ4n) is 2.49. The monoisotopic (exact) mass is 296 g/mol. The van der Waals surface area contributed by atoms with Gasteiger partial charge in [0.2, 0.25) is 5.89 Å². The van der Waals surface area contributed by atoms with Crippen LogP contribution in [-0.4, -0.2) is 33.6 Å². The van der Waals surface area contributed by atoms with Crippen LogP contribution in [-0.2, 0) is 22.1 Å². The molecule has 0 unspecified atom stereocenters.